The molecule has 0 saturated carbocycles. The molecule has 0 fully saturated rings. The van der Waals surface area contributed by atoms with Gasteiger partial charge < -0.3 is 14.6 Å². The molecule has 1 N–H and O–H groups in total. The predicted molar refractivity (Wildman–Crippen MR) is 125 cm³/mol. The fourth-order valence-corrected chi connectivity index (χ4v) is 3.84. The van der Waals surface area contributed by atoms with Crippen LogP contribution < -0.4 is 10.1 Å². The lowest BCUT2D eigenvalue weighted by Crippen LogP contribution is -2.00. The molecule has 0 atom stereocenters. The number of nitrogens with zero attached hydrogens (tertiary/aromatic N) is 3. The summed E-state index contributed by atoms with van der Waals surface area (Å²) >= 11 is 0. The Bertz CT molecular complexity index is 1400. The highest BCUT2D eigenvalue weighted by molar-refractivity contribution is 6.03. The van der Waals surface area contributed by atoms with Crippen molar-refractivity contribution in [3.05, 3.63) is 96.7 Å². The van der Waals surface area contributed by atoms with Gasteiger partial charge in [0.1, 0.15) is 23.7 Å². The number of anilines is 2. The number of methoxy groups -OCH3 is 1. The van der Waals surface area contributed by atoms with Crippen molar-refractivity contribution in [3.8, 4) is 22.6 Å². The van der Waals surface area contributed by atoms with E-state index in [9.17, 15) is 4.39 Å². The Morgan fingerprint density at radius 3 is 2.47 bits per heavy atom. The Morgan fingerprint density at radius 1 is 0.938 bits per heavy atom. The SMILES string of the molecule is COc1ccc(C)cc1Nc1ncnc2c1c(-c1ccccc1)cn2-c1ccc(F)cc1. The molecule has 0 radical (unpaired) electrons. The minimum absolute atomic E-state index is 0.281. The van der Waals surface area contributed by atoms with Crippen LogP contribution in [0.15, 0.2) is 85.3 Å². The first-order valence-electron chi connectivity index (χ1n) is 10.2. The van der Waals surface area contributed by atoms with Crippen LogP contribution in [0.3, 0.4) is 0 Å². The summed E-state index contributed by atoms with van der Waals surface area (Å²) in [4.78, 5) is 9.14. The summed E-state index contributed by atoms with van der Waals surface area (Å²) in [5.74, 6) is 1.11. The third-order valence-electron chi connectivity index (χ3n) is 5.38. The number of rotatable bonds is 5. The Kier molecular flexibility index (Phi) is 5.03. The van der Waals surface area contributed by atoms with Gasteiger partial charge in [0.2, 0.25) is 0 Å². The lowest BCUT2D eigenvalue weighted by Gasteiger charge is -2.13. The number of hydrogen-bond donors (Lipinski definition) is 1. The van der Waals surface area contributed by atoms with Gasteiger partial charge in [-0.25, -0.2) is 14.4 Å². The van der Waals surface area contributed by atoms with Crippen LogP contribution in [0.2, 0.25) is 0 Å². The van der Waals surface area contributed by atoms with E-state index in [-0.39, 0.29) is 5.82 Å². The van der Waals surface area contributed by atoms with Crippen molar-refractivity contribution >= 4 is 22.5 Å². The maximum Gasteiger partial charge on any atom is 0.150 e. The Labute approximate surface area is 185 Å². The van der Waals surface area contributed by atoms with Gasteiger partial charge in [-0.15, -0.1) is 0 Å². The van der Waals surface area contributed by atoms with E-state index >= 15 is 0 Å². The molecule has 32 heavy (non-hydrogen) atoms. The highest BCUT2D eigenvalue weighted by atomic mass is 19.1. The summed E-state index contributed by atoms with van der Waals surface area (Å²) in [5, 5.41) is 4.31. The zero-order chi connectivity index (χ0) is 22.1. The van der Waals surface area contributed by atoms with Crippen molar-refractivity contribution in [2.45, 2.75) is 6.92 Å². The molecule has 2 aromatic heterocycles. The maximum absolute atomic E-state index is 13.5. The first-order valence-corrected chi connectivity index (χ1v) is 10.2. The number of fused-ring (bicyclic) bond motifs is 1. The molecule has 5 nitrogen and oxygen atoms in total. The van der Waals surface area contributed by atoms with Crippen LogP contribution in [0.5, 0.6) is 5.75 Å². The third kappa shape index (κ3) is 3.56. The number of ether oxygens (including phenoxy) is 1. The molecule has 0 aliphatic rings. The quantitative estimate of drug-likeness (QED) is 0.360. The molecule has 6 heteroatoms. The van der Waals surface area contributed by atoms with Crippen LogP contribution in [0.1, 0.15) is 5.56 Å². The fraction of sp³-hybridized carbons (Fsp3) is 0.0769. The van der Waals surface area contributed by atoms with Crippen LogP contribution in [-0.4, -0.2) is 21.6 Å². The highest BCUT2D eigenvalue weighted by Crippen LogP contribution is 2.37. The molecule has 5 rings (SSSR count). The minimum atomic E-state index is -0.281. The Hall–Kier alpha value is -4.19. The smallest absolute Gasteiger partial charge is 0.150 e. The molecule has 5 aromatic rings. The average Bonchev–Trinajstić information content (AvgIpc) is 3.21. The van der Waals surface area contributed by atoms with Crippen LogP contribution in [0.4, 0.5) is 15.9 Å². The second kappa shape index (κ2) is 8.15. The maximum atomic E-state index is 13.5. The van der Waals surface area contributed by atoms with Gasteiger partial charge in [0, 0.05) is 17.4 Å². The zero-order valence-electron chi connectivity index (χ0n) is 17.7. The van der Waals surface area contributed by atoms with E-state index in [4.69, 9.17) is 4.74 Å². The van der Waals surface area contributed by atoms with E-state index in [0.29, 0.717) is 5.82 Å². The van der Waals surface area contributed by atoms with E-state index in [1.165, 1.54) is 18.5 Å². The van der Waals surface area contributed by atoms with E-state index in [1.54, 1.807) is 19.2 Å². The number of nitrogens with one attached hydrogen (secondary N) is 1. The summed E-state index contributed by atoms with van der Waals surface area (Å²) < 4.78 is 21.0. The number of aryl methyl sites for hydroxylation is 1. The molecule has 0 aliphatic carbocycles. The zero-order valence-corrected chi connectivity index (χ0v) is 17.7. The highest BCUT2D eigenvalue weighted by Gasteiger charge is 2.18. The molecule has 0 unspecified atom stereocenters. The molecule has 0 bridgehead atoms. The van der Waals surface area contributed by atoms with Crippen molar-refractivity contribution in [3.63, 3.8) is 0 Å². The number of hydrogen-bond acceptors (Lipinski definition) is 4. The second-order valence-electron chi connectivity index (χ2n) is 7.50. The molecular weight excluding hydrogens is 403 g/mol. The third-order valence-corrected chi connectivity index (χ3v) is 5.38. The number of aromatic nitrogens is 3. The van der Waals surface area contributed by atoms with Gasteiger partial charge in [-0.1, -0.05) is 36.4 Å². The minimum Gasteiger partial charge on any atom is -0.495 e. The topological polar surface area (TPSA) is 52.0 Å². The first-order chi connectivity index (χ1) is 15.6. The predicted octanol–water partition coefficient (Wildman–Crippen LogP) is 6.29. The summed E-state index contributed by atoms with van der Waals surface area (Å²) in [6.45, 7) is 2.03. The van der Waals surface area contributed by atoms with Gasteiger partial charge in [-0.2, -0.15) is 0 Å². The summed E-state index contributed by atoms with van der Waals surface area (Å²) in [6, 6.07) is 22.4. The Balaban J connectivity index is 1.75. The molecule has 2 heterocycles. The van der Waals surface area contributed by atoms with Gasteiger partial charge in [0.25, 0.3) is 0 Å². The van der Waals surface area contributed by atoms with E-state index < -0.39 is 0 Å². The van der Waals surface area contributed by atoms with Gasteiger partial charge in [-0.05, 0) is 54.4 Å². The molecule has 0 saturated heterocycles. The first kappa shape index (κ1) is 19.8. The summed E-state index contributed by atoms with van der Waals surface area (Å²) in [5.41, 5.74) is 5.47. The second-order valence-corrected chi connectivity index (χ2v) is 7.50. The Morgan fingerprint density at radius 2 is 1.72 bits per heavy atom. The normalized spacial score (nSPS) is 11.0. The molecule has 3 aromatic carbocycles. The van der Waals surface area contributed by atoms with Crippen molar-refractivity contribution in [2.24, 2.45) is 0 Å². The van der Waals surface area contributed by atoms with Gasteiger partial charge in [0.15, 0.2) is 5.65 Å². The van der Waals surface area contributed by atoms with Crippen LogP contribution in [0, 0.1) is 12.7 Å². The average molecular weight is 424 g/mol. The lowest BCUT2D eigenvalue weighted by atomic mass is 10.1. The van der Waals surface area contributed by atoms with Crippen molar-refractivity contribution in [1.82, 2.24) is 14.5 Å². The molecule has 0 amide bonds. The molecular formula is C26H21FN4O. The standard InChI is InChI=1S/C26H21FN4O/c1-17-8-13-23(32-2)22(14-17)30-25-24-21(18-6-4-3-5-7-18)15-31(26(24)29-16-28-25)20-11-9-19(27)10-12-20/h3-16H,1-2H3,(H,28,29,30). The van der Waals surface area contributed by atoms with E-state index in [1.807, 2.05) is 66.2 Å². The summed E-state index contributed by atoms with van der Waals surface area (Å²) in [7, 11) is 1.64. The largest absolute Gasteiger partial charge is 0.495 e. The van der Waals surface area contributed by atoms with Crippen LogP contribution >= 0.6 is 0 Å². The number of halogens is 1. The van der Waals surface area contributed by atoms with Crippen molar-refractivity contribution in [1.29, 1.82) is 0 Å². The van der Waals surface area contributed by atoms with Gasteiger partial charge >= 0.3 is 0 Å². The lowest BCUT2D eigenvalue weighted by molar-refractivity contribution is 0.416. The number of benzene rings is 3. The van der Waals surface area contributed by atoms with Crippen LogP contribution in [-0.2, 0) is 0 Å². The summed E-state index contributed by atoms with van der Waals surface area (Å²) in [6.07, 6.45) is 3.54. The monoisotopic (exact) mass is 424 g/mol. The van der Waals surface area contributed by atoms with Crippen molar-refractivity contribution in [2.75, 3.05) is 12.4 Å². The molecule has 158 valence electrons. The van der Waals surface area contributed by atoms with Gasteiger partial charge in [-0.3, -0.25) is 0 Å². The van der Waals surface area contributed by atoms with Crippen molar-refractivity contribution < 1.29 is 9.13 Å². The molecule has 0 spiro atoms. The van der Waals surface area contributed by atoms with Crippen LogP contribution in [0.25, 0.3) is 27.8 Å². The van der Waals surface area contributed by atoms with E-state index in [2.05, 4.69) is 15.3 Å². The molecule has 0 aliphatic heterocycles. The van der Waals surface area contributed by atoms with E-state index in [0.717, 1.165) is 44.8 Å². The fourth-order valence-electron chi connectivity index (χ4n) is 3.84. The van der Waals surface area contributed by atoms with Gasteiger partial charge in [0.05, 0.1) is 18.2 Å².